The van der Waals surface area contributed by atoms with Crippen LogP contribution in [-0.4, -0.2) is 30.9 Å². The minimum atomic E-state index is -0.385. The maximum absolute atomic E-state index is 12.7. The number of ketones is 1. The number of carbonyl (C=O) groups is 2. The van der Waals surface area contributed by atoms with Crippen LogP contribution in [0.1, 0.15) is 29.8 Å². The van der Waals surface area contributed by atoms with Gasteiger partial charge in [0.25, 0.3) is 0 Å². The van der Waals surface area contributed by atoms with E-state index in [2.05, 4.69) is 5.32 Å². The van der Waals surface area contributed by atoms with Gasteiger partial charge in [0, 0.05) is 11.3 Å². The normalized spacial score (nSPS) is 14.3. The fourth-order valence-electron chi connectivity index (χ4n) is 2.95. The maximum Gasteiger partial charge on any atom is 0.246 e. The molecule has 2 aromatic carbocycles. The first-order valence-electron chi connectivity index (χ1n) is 8.38. The molecule has 25 heavy (non-hydrogen) atoms. The highest BCUT2D eigenvalue weighted by Gasteiger charge is 2.27. The van der Waals surface area contributed by atoms with Crippen molar-refractivity contribution in [3.8, 4) is 5.75 Å². The van der Waals surface area contributed by atoms with Crippen molar-refractivity contribution in [1.82, 2.24) is 0 Å². The average molecular weight is 338 g/mol. The smallest absolute Gasteiger partial charge is 0.246 e. The van der Waals surface area contributed by atoms with Crippen molar-refractivity contribution in [3.05, 3.63) is 53.6 Å². The number of anilines is 2. The Morgan fingerprint density at radius 3 is 2.68 bits per heavy atom. The molecule has 5 heteroatoms. The molecule has 5 nitrogen and oxygen atoms in total. The summed E-state index contributed by atoms with van der Waals surface area (Å²) >= 11 is 0. The van der Waals surface area contributed by atoms with Crippen LogP contribution >= 0.6 is 0 Å². The molecular weight excluding hydrogens is 316 g/mol. The third kappa shape index (κ3) is 3.50. The van der Waals surface area contributed by atoms with E-state index in [1.165, 1.54) is 6.92 Å². The van der Waals surface area contributed by atoms with Gasteiger partial charge in [-0.05, 0) is 50.6 Å². The summed E-state index contributed by atoms with van der Waals surface area (Å²) < 4.78 is 5.67. The van der Waals surface area contributed by atoms with Crippen LogP contribution < -0.4 is 15.0 Å². The van der Waals surface area contributed by atoms with E-state index >= 15 is 0 Å². The topological polar surface area (TPSA) is 58.6 Å². The summed E-state index contributed by atoms with van der Waals surface area (Å²) in [5.74, 6) is 0.604. The Labute approximate surface area is 147 Å². The number of nitrogens with one attached hydrogen (secondary N) is 1. The maximum atomic E-state index is 12.7. The lowest BCUT2D eigenvalue weighted by Gasteiger charge is -2.35. The molecule has 1 unspecified atom stereocenters. The highest BCUT2D eigenvalue weighted by Crippen LogP contribution is 2.34. The van der Waals surface area contributed by atoms with Crippen LogP contribution in [0.15, 0.2) is 42.5 Å². The minimum Gasteiger partial charge on any atom is -0.490 e. The lowest BCUT2D eigenvalue weighted by atomic mass is 10.1. The number of aryl methyl sites for hydroxylation is 1. The van der Waals surface area contributed by atoms with E-state index < -0.39 is 0 Å². The van der Waals surface area contributed by atoms with E-state index in [0.717, 1.165) is 16.9 Å². The zero-order chi connectivity index (χ0) is 18.0. The van der Waals surface area contributed by atoms with Gasteiger partial charge >= 0.3 is 0 Å². The van der Waals surface area contributed by atoms with Crippen molar-refractivity contribution < 1.29 is 14.3 Å². The lowest BCUT2D eigenvalue weighted by molar-refractivity contribution is -0.117. The molecule has 1 N–H and O–H groups in total. The van der Waals surface area contributed by atoms with Gasteiger partial charge in [0.15, 0.2) is 5.78 Å². The SMILES string of the molecule is CC(=O)c1ccc2c(c1)N(C(C)C(=O)Nc1ccccc1C)CCO2. The van der Waals surface area contributed by atoms with Crippen molar-refractivity contribution in [2.45, 2.75) is 26.8 Å². The molecule has 0 aromatic heterocycles. The Morgan fingerprint density at radius 2 is 1.96 bits per heavy atom. The first-order valence-corrected chi connectivity index (χ1v) is 8.38. The summed E-state index contributed by atoms with van der Waals surface area (Å²) in [5.41, 5.74) is 3.22. The number of amides is 1. The van der Waals surface area contributed by atoms with Gasteiger partial charge in [-0.25, -0.2) is 0 Å². The number of para-hydroxylation sites is 1. The molecule has 3 rings (SSSR count). The zero-order valence-electron chi connectivity index (χ0n) is 14.7. The molecule has 0 radical (unpaired) electrons. The molecule has 1 aliphatic heterocycles. The van der Waals surface area contributed by atoms with Crippen molar-refractivity contribution in [2.75, 3.05) is 23.4 Å². The second-order valence-electron chi connectivity index (χ2n) is 6.26. The summed E-state index contributed by atoms with van der Waals surface area (Å²) in [4.78, 5) is 26.4. The second-order valence-corrected chi connectivity index (χ2v) is 6.26. The number of hydrogen-bond acceptors (Lipinski definition) is 4. The lowest BCUT2D eigenvalue weighted by Crippen LogP contribution is -2.46. The van der Waals surface area contributed by atoms with E-state index in [1.807, 2.05) is 43.0 Å². The molecule has 1 atom stereocenters. The fraction of sp³-hybridized carbons (Fsp3) is 0.300. The Hall–Kier alpha value is -2.82. The first-order chi connectivity index (χ1) is 12.0. The van der Waals surface area contributed by atoms with E-state index in [4.69, 9.17) is 4.74 Å². The van der Waals surface area contributed by atoms with Crippen LogP contribution in [0, 0.1) is 6.92 Å². The molecule has 0 fully saturated rings. The Morgan fingerprint density at radius 1 is 1.20 bits per heavy atom. The number of nitrogens with zero attached hydrogens (tertiary/aromatic N) is 1. The van der Waals surface area contributed by atoms with Crippen LogP contribution in [-0.2, 0) is 4.79 Å². The van der Waals surface area contributed by atoms with Crippen molar-refractivity contribution in [3.63, 3.8) is 0 Å². The number of Topliss-reactive ketones (excluding diaryl/α,β-unsaturated/α-hetero) is 1. The van der Waals surface area contributed by atoms with Gasteiger partial charge in [0.2, 0.25) is 5.91 Å². The third-order valence-corrected chi connectivity index (χ3v) is 4.51. The van der Waals surface area contributed by atoms with Gasteiger partial charge < -0.3 is 15.0 Å². The van der Waals surface area contributed by atoms with Crippen molar-refractivity contribution in [2.24, 2.45) is 0 Å². The molecule has 0 aliphatic carbocycles. The molecule has 0 saturated carbocycles. The minimum absolute atomic E-state index is 0.00895. The van der Waals surface area contributed by atoms with Gasteiger partial charge in [-0.1, -0.05) is 18.2 Å². The fourth-order valence-corrected chi connectivity index (χ4v) is 2.95. The quantitative estimate of drug-likeness (QED) is 0.868. The molecule has 1 heterocycles. The van der Waals surface area contributed by atoms with E-state index in [9.17, 15) is 9.59 Å². The molecular formula is C20H22N2O3. The highest BCUT2D eigenvalue weighted by molar-refractivity contribution is 5.99. The summed E-state index contributed by atoms with van der Waals surface area (Å²) in [6, 6.07) is 12.7. The van der Waals surface area contributed by atoms with E-state index in [-0.39, 0.29) is 17.7 Å². The number of ether oxygens (including phenoxy) is 1. The van der Waals surface area contributed by atoms with Gasteiger partial charge in [-0.2, -0.15) is 0 Å². The molecule has 0 bridgehead atoms. The molecule has 130 valence electrons. The number of fused-ring (bicyclic) bond motifs is 1. The van der Waals surface area contributed by atoms with Crippen LogP contribution in [0.2, 0.25) is 0 Å². The molecule has 1 aliphatic rings. The Kier molecular flexibility index (Phi) is 4.74. The Balaban J connectivity index is 1.85. The number of carbonyl (C=O) groups excluding carboxylic acids is 2. The van der Waals surface area contributed by atoms with Gasteiger partial charge in [-0.15, -0.1) is 0 Å². The molecule has 0 spiro atoms. The van der Waals surface area contributed by atoms with E-state index in [1.54, 1.807) is 18.2 Å². The van der Waals surface area contributed by atoms with Crippen LogP contribution in [0.3, 0.4) is 0 Å². The summed E-state index contributed by atoms with van der Waals surface area (Å²) in [6.45, 7) is 6.46. The van der Waals surface area contributed by atoms with Gasteiger partial charge in [0.1, 0.15) is 18.4 Å². The largest absolute Gasteiger partial charge is 0.490 e. The predicted octanol–water partition coefficient (Wildman–Crippen LogP) is 3.42. The zero-order valence-corrected chi connectivity index (χ0v) is 14.7. The molecule has 0 saturated heterocycles. The number of rotatable bonds is 4. The van der Waals surface area contributed by atoms with Crippen LogP contribution in [0.4, 0.5) is 11.4 Å². The summed E-state index contributed by atoms with van der Waals surface area (Å²) in [6.07, 6.45) is 0. The standard InChI is InChI=1S/C20H22N2O3/c1-13-6-4-5-7-17(13)21-20(24)14(2)22-10-11-25-19-9-8-16(15(3)23)12-18(19)22/h4-9,12,14H,10-11H2,1-3H3,(H,21,24). The summed E-state index contributed by atoms with van der Waals surface area (Å²) in [7, 11) is 0. The highest BCUT2D eigenvalue weighted by atomic mass is 16.5. The van der Waals surface area contributed by atoms with Crippen LogP contribution in [0.5, 0.6) is 5.75 Å². The number of hydrogen-bond donors (Lipinski definition) is 1. The van der Waals surface area contributed by atoms with Gasteiger partial charge in [0.05, 0.1) is 12.2 Å². The first kappa shape index (κ1) is 17.0. The average Bonchev–Trinajstić information content (AvgIpc) is 2.62. The molecule has 2 aromatic rings. The monoisotopic (exact) mass is 338 g/mol. The van der Waals surface area contributed by atoms with Crippen LogP contribution in [0.25, 0.3) is 0 Å². The van der Waals surface area contributed by atoms with Gasteiger partial charge in [-0.3, -0.25) is 9.59 Å². The molecule has 1 amide bonds. The predicted molar refractivity (Wildman–Crippen MR) is 98.6 cm³/mol. The second kappa shape index (κ2) is 6.97. The number of benzene rings is 2. The van der Waals surface area contributed by atoms with E-state index in [0.29, 0.717) is 24.5 Å². The van der Waals surface area contributed by atoms with Crippen molar-refractivity contribution >= 4 is 23.1 Å². The summed E-state index contributed by atoms with van der Waals surface area (Å²) in [5, 5.41) is 2.99. The van der Waals surface area contributed by atoms with Crippen molar-refractivity contribution in [1.29, 1.82) is 0 Å². The third-order valence-electron chi connectivity index (χ3n) is 4.51. The Bertz CT molecular complexity index is 816.